The maximum Gasteiger partial charge on any atom is 0.0808 e. The molecule has 1 fully saturated rings. The molecule has 0 radical (unpaired) electrons. The van der Waals surface area contributed by atoms with Gasteiger partial charge in [0.2, 0.25) is 0 Å². The van der Waals surface area contributed by atoms with Crippen LogP contribution in [-0.4, -0.2) is 25.8 Å². The van der Waals surface area contributed by atoms with Gasteiger partial charge < -0.3 is 10.1 Å². The Morgan fingerprint density at radius 3 is 2.76 bits per heavy atom. The van der Waals surface area contributed by atoms with Gasteiger partial charge in [0.25, 0.3) is 0 Å². The number of hydrogen-bond acceptors (Lipinski definition) is 2. The summed E-state index contributed by atoms with van der Waals surface area (Å²) in [7, 11) is 2.04. The minimum atomic E-state index is 0.138. The summed E-state index contributed by atoms with van der Waals surface area (Å²) in [6.07, 6.45) is 10.4. The van der Waals surface area contributed by atoms with E-state index in [9.17, 15) is 0 Å². The molecule has 102 valence electrons. The predicted molar refractivity (Wildman–Crippen MR) is 74.4 cm³/mol. The highest BCUT2D eigenvalue weighted by atomic mass is 16.5. The van der Waals surface area contributed by atoms with Crippen LogP contribution in [0, 0.1) is 5.92 Å². The number of likely N-dealkylation sites (N-methyl/N-ethyl adjacent to an activating group) is 1. The molecule has 1 saturated carbocycles. The van der Waals surface area contributed by atoms with Crippen molar-refractivity contribution in [2.24, 2.45) is 5.92 Å². The Kier molecular flexibility index (Phi) is 7.14. The van der Waals surface area contributed by atoms with Gasteiger partial charge in [0.15, 0.2) is 0 Å². The van der Waals surface area contributed by atoms with Crippen molar-refractivity contribution in [2.45, 2.75) is 70.8 Å². The topological polar surface area (TPSA) is 21.3 Å². The first-order chi connectivity index (χ1) is 8.22. The van der Waals surface area contributed by atoms with Crippen LogP contribution >= 0.6 is 0 Å². The van der Waals surface area contributed by atoms with Gasteiger partial charge in [-0.1, -0.05) is 46.0 Å². The molecule has 0 aliphatic heterocycles. The number of rotatable bonds is 8. The Bertz CT molecular complexity index is 191. The van der Waals surface area contributed by atoms with Crippen LogP contribution in [0.15, 0.2) is 0 Å². The van der Waals surface area contributed by atoms with Crippen LogP contribution in [0.3, 0.4) is 0 Å². The van der Waals surface area contributed by atoms with Gasteiger partial charge in [-0.2, -0.15) is 0 Å². The van der Waals surface area contributed by atoms with E-state index in [1.165, 1.54) is 51.4 Å². The second-order valence-corrected chi connectivity index (χ2v) is 5.82. The van der Waals surface area contributed by atoms with Gasteiger partial charge in [-0.3, -0.25) is 0 Å². The molecule has 0 saturated heterocycles. The van der Waals surface area contributed by atoms with Crippen molar-refractivity contribution in [3.8, 4) is 0 Å². The summed E-state index contributed by atoms with van der Waals surface area (Å²) < 4.78 is 6.27. The first kappa shape index (κ1) is 15.0. The zero-order valence-corrected chi connectivity index (χ0v) is 12.1. The van der Waals surface area contributed by atoms with Crippen molar-refractivity contribution in [1.29, 1.82) is 0 Å². The first-order valence-electron chi connectivity index (χ1n) is 7.51. The lowest BCUT2D eigenvalue weighted by molar-refractivity contribution is -0.0794. The van der Waals surface area contributed by atoms with Crippen molar-refractivity contribution < 1.29 is 4.74 Å². The average molecular weight is 241 g/mol. The minimum Gasteiger partial charge on any atom is -0.374 e. The normalized spacial score (nSPS) is 29.5. The predicted octanol–water partition coefficient (Wildman–Crippen LogP) is 3.75. The SMILES string of the molecule is CCCCCCOC1(CNC)CCCC(C)C1. The van der Waals surface area contributed by atoms with Crippen LogP contribution in [0.1, 0.15) is 65.2 Å². The fourth-order valence-corrected chi connectivity index (χ4v) is 3.09. The second kappa shape index (κ2) is 8.10. The summed E-state index contributed by atoms with van der Waals surface area (Å²) in [6.45, 7) is 6.59. The lowest BCUT2D eigenvalue weighted by atomic mass is 9.78. The molecule has 2 nitrogen and oxygen atoms in total. The maximum absolute atomic E-state index is 6.27. The van der Waals surface area contributed by atoms with E-state index < -0.39 is 0 Å². The van der Waals surface area contributed by atoms with Crippen molar-refractivity contribution in [3.05, 3.63) is 0 Å². The molecule has 0 bridgehead atoms. The van der Waals surface area contributed by atoms with Gasteiger partial charge >= 0.3 is 0 Å². The molecule has 2 heteroatoms. The van der Waals surface area contributed by atoms with E-state index in [4.69, 9.17) is 4.74 Å². The van der Waals surface area contributed by atoms with Gasteiger partial charge in [0.05, 0.1) is 5.60 Å². The highest BCUT2D eigenvalue weighted by molar-refractivity contribution is 4.88. The average Bonchev–Trinajstić information content (AvgIpc) is 2.29. The Labute approximate surface area is 108 Å². The third-order valence-corrected chi connectivity index (χ3v) is 3.95. The van der Waals surface area contributed by atoms with E-state index in [1.807, 2.05) is 7.05 Å². The van der Waals surface area contributed by atoms with Gasteiger partial charge in [-0.05, 0) is 32.2 Å². The van der Waals surface area contributed by atoms with Crippen LogP contribution in [0.2, 0.25) is 0 Å². The number of nitrogens with one attached hydrogen (secondary N) is 1. The summed E-state index contributed by atoms with van der Waals surface area (Å²) >= 11 is 0. The molecule has 1 N–H and O–H groups in total. The summed E-state index contributed by atoms with van der Waals surface area (Å²) in [4.78, 5) is 0. The Morgan fingerprint density at radius 1 is 1.29 bits per heavy atom. The van der Waals surface area contributed by atoms with Gasteiger partial charge in [-0.25, -0.2) is 0 Å². The van der Waals surface area contributed by atoms with E-state index in [0.717, 1.165) is 19.1 Å². The van der Waals surface area contributed by atoms with E-state index in [-0.39, 0.29) is 5.60 Å². The molecular weight excluding hydrogens is 210 g/mol. The standard InChI is InChI=1S/C15H31NO/c1-4-5-6-7-11-17-15(13-16-3)10-8-9-14(2)12-15/h14,16H,4-13H2,1-3H3. The molecule has 0 heterocycles. The molecule has 2 atom stereocenters. The summed E-state index contributed by atoms with van der Waals surface area (Å²) in [5.41, 5.74) is 0.138. The Balaban J connectivity index is 2.31. The largest absolute Gasteiger partial charge is 0.374 e. The Hall–Kier alpha value is -0.0800. The molecule has 0 aromatic heterocycles. The second-order valence-electron chi connectivity index (χ2n) is 5.82. The number of ether oxygens (including phenoxy) is 1. The van der Waals surface area contributed by atoms with Gasteiger partial charge in [0.1, 0.15) is 0 Å². The van der Waals surface area contributed by atoms with Crippen LogP contribution in [0.25, 0.3) is 0 Å². The third kappa shape index (κ3) is 5.39. The van der Waals surface area contributed by atoms with Gasteiger partial charge in [0, 0.05) is 13.2 Å². The Morgan fingerprint density at radius 2 is 2.12 bits per heavy atom. The van der Waals surface area contributed by atoms with E-state index in [0.29, 0.717) is 0 Å². The van der Waals surface area contributed by atoms with Crippen LogP contribution < -0.4 is 5.32 Å². The lowest BCUT2D eigenvalue weighted by Crippen LogP contribution is -2.45. The third-order valence-electron chi connectivity index (χ3n) is 3.95. The molecule has 2 unspecified atom stereocenters. The number of hydrogen-bond donors (Lipinski definition) is 1. The fraction of sp³-hybridized carbons (Fsp3) is 1.00. The number of unbranched alkanes of at least 4 members (excludes halogenated alkanes) is 3. The minimum absolute atomic E-state index is 0.138. The molecule has 0 aromatic carbocycles. The van der Waals surface area contributed by atoms with E-state index in [2.05, 4.69) is 19.2 Å². The zero-order chi connectivity index (χ0) is 12.6. The van der Waals surface area contributed by atoms with E-state index in [1.54, 1.807) is 0 Å². The zero-order valence-electron chi connectivity index (χ0n) is 12.1. The highest BCUT2D eigenvalue weighted by Crippen LogP contribution is 2.34. The van der Waals surface area contributed by atoms with E-state index >= 15 is 0 Å². The quantitative estimate of drug-likeness (QED) is 0.653. The molecule has 0 amide bonds. The highest BCUT2D eigenvalue weighted by Gasteiger charge is 2.34. The van der Waals surface area contributed by atoms with Crippen LogP contribution in [0.5, 0.6) is 0 Å². The summed E-state index contributed by atoms with van der Waals surface area (Å²) in [6, 6.07) is 0. The summed E-state index contributed by atoms with van der Waals surface area (Å²) in [5.74, 6) is 0.827. The summed E-state index contributed by atoms with van der Waals surface area (Å²) in [5, 5.41) is 3.33. The van der Waals surface area contributed by atoms with Crippen molar-refractivity contribution in [1.82, 2.24) is 5.32 Å². The fourth-order valence-electron chi connectivity index (χ4n) is 3.09. The molecule has 0 spiro atoms. The molecule has 1 rings (SSSR count). The van der Waals surface area contributed by atoms with Gasteiger partial charge in [-0.15, -0.1) is 0 Å². The molecular formula is C15H31NO. The molecule has 1 aliphatic carbocycles. The van der Waals surface area contributed by atoms with Crippen molar-refractivity contribution >= 4 is 0 Å². The molecule has 17 heavy (non-hydrogen) atoms. The van der Waals surface area contributed by atoms with Crippen LogP contribution in [0.4, 0.5) is 0 Å². The lowest BCUT2D eigenvalue weighted by Gasteiger charge is -2.40. The smallest absolute Gasteiger partial charge is 0.0808 e. The van der Waals surface area contributed by atoms with Crippen molar-refractivity contribution in [2.75, 3.05) is 20.2 Å². The first-order valence-corrected chi connectivity index (χ1v) is 7.51. The molecule has 1 aliphatic rings. The monoisotopic (exact) mass is 241 g/mol. The molecule has 0 aromatic rings. The maximum atomic E-state index is 6.27. The van der Waals surface area contributed by atoms with Crippen molar-refractivity contribution in [3.63, 3.8) is 0 Å². The van der Waals surface area contributed by atoms with Crippen LogP contribution in [-0.2, 0) is 4.74 Å².